The van der Waals surface area contributed by atoms with E-state index in [9.17, 15) is 4.79 Å². The lowest BCUT2D eigenvalue weighted by atomic mass is 9.86. The molecule has 1 N–H and O–H groups in total. The van der Waals surface area contributed by atoms with Gasteiger partial charge in [-0.3, -0.25) is 4.79 Å². The molecule has 1 aliphatic rings. The van der Waals surface area contributed by atoms with Crippen molar-refractivity contribution >= 4 is 28.9 Å². The minimum Gasteiger partial charge on any atom is -0.304 e. The summed E-state index contributed by atoms with van der Waals surface area (Å²) in [7, 11) is 0. The molecule has 0 radical (unpaired) electrons. The number of amides is 1. The van der Waals surface area contributed by atoms with Gasteiger partial charge in [0.25, 0.3) is 0 Å². The molecule has 0 aromatic heterocycles. The Balaban J connectivity index is 2.35. The minimum absolute atomic E-state index is 0.00709. The molecule has 0 saturated carbocycles. The normalized spacial score (nSPS) is 19.3. The summed E-state index contributed by atoms with van der Waals surface area (Å²) < 4.78 is 0. The van der Waals surface area contributed by atoms with Crippen LogP contribution in [0.1, 0.15) is 38.8 Å². The fourth-order valence-corrected chi connectivity index (χ4v) is 2.91. The van der Waals surface area contributed by atoms with E-state index in [2.05, 4.69) is 38.2 Å². The van der Waals surface area contributed by atoms with Gasteiger partial charge >= 0.3 is 0 Å². The minimum atomic E-state index is -0.619. The van der Waals surface area contributed by atoms with Gasteiger partial charge in [-0.15, -0.1) is 0 Å². The first-order valence-electron chi connectivity index (χ1n) is 7.61. The molecule has 3 nitrogen and oxygen atoms in total. The van der Waals surface area contributed by atoms with Crippen molar-refractivity contribution in [2.75, 3.05) is 5.75 Å². The van der Waals surface area contributed by atoms with Crippen LogP contribution in [0.25, 0.3) is 6.08 Å². The second kappa shape index (κ2) is 6.69. The summed E-state index contributed by atoms with van der Waals surface area (Å²) in [4.78, 5) is 17.1. The number of nitrogens with zero attached hydrogens (tertiary/aromatic N) is 1. The van der Waals surface area contributed by atoms with Crippen LogP contribution in [0.15, 0.2) is 35.0 Å². The standard InChI is InChI=1S/C18H24N2OS/c1-12(2)11-22-17-19-15(18(4,5)16(21)20-17)10-14-8-6-7-13(3)9-14/h6-10,12H,11H2,1-5H3,(H,19,20,21)/b15-10+. The molecule has 1 aliphatic heterocycles. The average molecular weight is 316 g/mol. The average Bonchev–Trinajstić information content (AvgIpc) is 2.42. The molecule has 2 rings (SSSR count). The van der Waals surface area contributed by atoms with Crippen LogP contribution in [0, 0.1) is 18.3 Å². The Hall–Kier alpha value is -1.55. The number of benzene rings is 1. The molecule has 0 saturated heterocycles. The highest BCUT2D eigenvalue weighted by Crippen LogP contribution is 2.33. The maximum Gasteiger partial charge on any atom is 0.237 e. The van der Waals surface area contributed by atoms with Crippen LogP contribution in [-0.2, 0) is 4.79 Å². The third-order valence-electron chi connectivity index (χ3n) is 3.55. The van der Waals surface area contributed by atoms with Crippen molar-refractivity contribution in [1.29, 1.82) is 0 Å². The van der Waals surface area contributed by atoms with E-state index >= 15 is 0 Å². The molecule has 0 aliphatic carbocycles. The van der Waals surface area contributed by atoms with Gasteiger partial charge in [-0.2, -0.15) is 0 Å². The van der Waals surface area contributed by atoms with Gasteiger partial charge in [-0.25, -0.2) is 4.99 Å². The fraction of sp³-hybridized carbons (Fsp3) is 0.444. The van der Waals surface area contributed by atoms with E-state index in [4.69, 9.17) is 4.99 Å². The van der Waals surface area contributed by atoms with Crippen molar-refractivity contribution in [3.63, 3.8) is 0 Å². The second-order valence-corrected chi connectivity index (χ2v) is 7.65. The largest absolute Gasteiger partial charge is 0.304 e. The number of hydrogen-bond acceptors (Lipinski definition) is 3. The first-order chi connectivity index (χ1) is 10.3. The zero-order valence-electron chi connectivity index (χ0n) is 13.9. The van der Waals surface area contributed by atoms with E-state index in [1.54, 1.807) is 11.8 Å². The molecular weight excluding hydrogens is 292 g/mol. The lowest BCUT2D eigenvalue weighted by Crippen LogP contribution is -2.44. The Kier molecular flexibility index (Phi) is 5.12. The summed E-state index contributed by atoms with van der Waals surface area (Å²) in [5.74, 6) is 1.51. The second-order valence-electron chi connectivity index (χ2n) is 6.64. The van der Waals surface area contributed by atoms with E-state index in [1.165, 1.54) is 5.56 Å². The van der Waals surface area contributed by atoms with Crippen molar-refractivity contribution < 1.29 is 4.79 Å². The Morgan fingerprint density at radius 3 is 2.73 bits per heavy atom. The number of nitrogens with one attached hydrogen (secondary N) is 1. The molecule has 118 valence electrons. The summed E-state index contributed by atoms with van der Waals surface area (Å²) in [6.45, 7) is 10.2. The number of hydrogen-bond donors (Lipinski definition) is 1. The van der Waals surface area contributed by atoms with E-state index < -0.39 is 5.41 Å². The summed E-state index contributed by atoms with van der Waals surface area (Å²) in [5, 5.41) is 3.63. The third-order valence-corrected chi connectivity index (χ3v) is 4.85. The number of carbonyl (C=O) groups excluding carboxylic acids is 1. The van der Waals surface area contributed by atoms with Gasteiger partial charge in [0.15, 0.2) is 5.17 Å². The van der Waals surface area contributed by atoms with Crippen molar-refractivity contribution in [2.24, 2.45) is 16.3 Å². The zero-order valence-corrected chi connectivity index (χ0v) is 14.8. The number of amidine groups is 1. The molecule has 4 heteroatoms. The van der Waals surface area contributed by atoms with Gasteiger partial charge in [0.1, 0.15) is 0 Å². The predicted molar refractivity (Wildman–Crippen MR) is 95.8 cm³/mol. The smallest absolute Gasteiger partial charge is 0.237 e. The summed E-state index contributed by atoms with van der Waals surface area (Å²) >= 11 is 1.60. The highest BCUT2D eigenvalue weighted by molar-refractivity contribution is 8.13. The van der Waals surface area contributed by atoms with Crippen molar-refractivity contribution in [1.82, 2.24) is 5.32 Å². The Morgan fingerprint density at radius 1 is 1.36 bits per heavy atom. The van der Waals surface area contributed by atoms with Crippen LogP contribution in [0.5, 0.6) is 0 Å². The SMILES string of the molecule is Cc1cccc(/C=C2/N=C(SCC(C)C)NC(=O)C2(C)C)c1. The van der Waals surface area contributed by atoms with Gasteiger partial charge < -0.3 is 5.32 Å². The van der Waals surface area contributed by atoms with Crippen LogP contribution < -0.4 is 5.32 Å². The predicted octanol–water partition coefficient (Wildman–Crippen LogP) is 4.24. The van der Waals surface area contributed by atoms with Gasteiger partial charge in [0.05, 0.1) is 11.1 Å². The molecule has 1 amide bonds. The topological polar surface area (TPSA) is 41.5 Å². The summed E-state index contributed by atoms with van der Waals surface area (Å²) in [5.41, 5.74) is 2.47. The third kappa shape index (κ3) is 4.01. The quantitative estimate of drug-likeness (QED) is 0.906. The molecular formula is C18H24N2OS. The molecule has 0 bridgehead atoms. The number of carbonyl (C=O) groups is 1. The summed E-state index contributed by atoms with van der Waals surface area (Å²) in [6, 6.07) is 8.23. The van der Waals surface area contributed by atoms with Crippen LogP contribution in [0.4, 0.5) is 0 Å². The number of thioether (sulfide) groups is 1. The van der Waals surface area contributed by atoms with E-state index in [0.29, 0.717) is 11.1 Å². The van der Waals surface area contributed by atoms with E-state index in [-0.39, 0.29) is 5.91 Å². The van der Waals surface area contributed by atoms with E-state index in [0.717, 1.165) is 17.0 Å². The molecule has 22 heavy (non-hydrogen) atoms. The van der Waals surface area contributed by atoms with Crippen LogP contribution in [0.2, 0.25) is 0 Å². The van der Waals surface area contributed by atoms with Crippen molar-refractivity contribution in [2.45, 2.75) is 34.6 Å². The first-order valence-corrected chi connectivity index (χ1v) is 8.59. The van der Waals surface area contributed by atoms with Gasteiger partial charge in [0.2, 0.25) is 5.91 Å². The molecule has 0 fully saturated rings. The molecule has 1 heterocycles. The Labute approximate surface area is 137 Å². The van der Waals surface area contributed by atoms with Crippen LogP contribution in [0.3, 0.4) is 0 Å². The van der Waals surface area contributed by atoms with Gasteiger partial charge in [-0.05, 0) is 38.3 Å². The fourth-order valence-electron chi connectivity index (χ4n) is 2.09. The molecule has 0 atom stereocenters. The summed E-state index contributed by atoms with van der Waals surface area (Å²) in [6.07, 6.45) is 2.02. The van der Waals surface area contributed by atoms with Crippen LogP contribution in [-0.4, -0.2) is 16.8 Å². The lowest BCUT2D eigenvalue weighted by Gasteiger charge is -2.29. The van der Waals surface area contributed by atoms with Gasteiger partial charge in [0, 0.05) is 5.75 Å². The number of aryl methyl sites for hydroxylation is 1. The molecule has 0 spiro atoms. The highest BCUT2D eigenvalue weighted by Gasteiger charge is 2.36. The Morgan fingerprint density at radius 2 is 2.09 bits per heavy atom. The first kappa shape index (κ1) is 16.8. The van der Waals surface area contributed by atoms with Gasteiger partial charge in [-0.1, -0.05) is 55.4 Å². The van der Waals surface area contributed by atoms with Crippen molar-refractivity contribution in [3.05, 3.63) is 41.1 Å². The maximum absolute atomic E-state index is 12.4. The molecule has 0 unspecified atom stereocenters. The van der Waals surface area contributed by atoms with E-state index in [1.807, 2.05) is 32.1 Å². The molecule has 1 aromatic carbocycles. The zero-order chi connectivity index (χ0) is 16.3. The monoisotopic (exact) mass is 316 g/mol. The molecule has 1 aromatic rings. The lowest BCUT2D eigenvalue weighted by molar-refractivity contribution is -0.126. The van der Waals surface area contributed by atoms with Crippen molar-refractivity contribution in [3.8, 4) is 0 Å². The number of aliphatic imine (C=N–C) groups is 1. The Bertz CT molecular complexity index is 630. The maximum atomic E-state index is 12.4. The number of rotatable bonds is 3. The highest BCUT2D eigenvalue weighted by atomic mass is 32.2. The van der Waals surface area contributed by atoms with Crippen LogP contribution >= 0.6 is 11.8 Å².